The first-order valence-electron chi connectivity index (χ1n) is 4.61. The molecular weight excluding hydrogens is 180 g/mol. The summed E-state index contributed by atoms with van der Waals surface area (Å²) in [7, 11) is 0. The molecule has 0 saturated heterocycles. The van der Waals surface area contributed by atoms with Crippen molar-refractivity contribution < 1.29 is 14.3 Å². The molecular formula is C11H18O3. The van der Waals surface area contributed by atoms with E-state index in [0.717, 1.165) is 0 Å². The van der Waals surface area contributed by atoms with Crippen molar-refractivity contribution in [3.63, 3.8) is 0 Å². The van der Waals surface area contributed by atoms with Gasteiger partial charge in [-0.25, -0.2) is 4.79 Å². The minimum Gasteiger partial charge on any atom is -0.458 e. The SMILES string of the molecule is C#CC(C)COCC(=O)OC(C)(C)C. The number of esters is 1. The van der Waals surface area contributed by atoms with Crippen LogP contribution in [0, 0.1) is 18.3 Å². The molecule has 0 aromatic rings. The summed E-state index contributed by atoms with van der Waals surface area (Å²) in [4.78, 5) is 11.1. The van der Waals surface area contributed by atoms with Gasteiger partial charge in [-0.3, -0.25) is 0 Å². The molecule has 14 heavy (non-hydrogen) atoms. The predicted molar refractivity (Wildman–Crippen MR) is 54.7 cm³/mol. The number of terminal acetylenes is 1. The number of rotatable bonds is 4. The second kappa shape index (κ2) is 5.66. The molecule has 0 spiro atoms. The number of ether oxygens (including phenoxy) is 2. The smallest absolute Gasteiger partial charge is 0.332 e. The molecule has 0 radical (unpaired) electrons. The highest BCUT2D eigenvalue weighted by atomic mass is 16.6. The second-order valence-corrected chi connectivity index (χ2v) is 4.17. The largest absolute Gasteiger partial charge is 0.458 e. The number of hydrogen-bond acceptors (Lipinski definition) is 3. The van der Waals surface area contributed by atoms with Gasteiger partial charge in [0.05, 0.1) is 6.61 Å². The molecule has 0 aliphatic rings. The van der Waals surface area contributed by atoms with E-state index in [9.17, 15) is 4.79 Å². The number of carbonyl (C=O) groups excluding carboxylic acids is 1. The van der Waals surface area contributed by atoms with Crippen LogP contribution in [0.15, 0.2) is 0 Å². The second-order valence-electron chi connectivity index (χ2n) is 4.17. The molecule has 0 aliphatic carbocycles. The Labute approximate surface area is 85.8 Å². The van der Waals surface area contributed by atoms with E-state index < -0.39 is 5.60 Å². The molecule has 1 atom stereocenters. The van der Waals surface area contributed by atoms with Gasteiger partial charge >= 0.3 is 5.97 Å². The van der Waals surface area contributed by atoms with E-state index in [1.54, 1.807) is 0 Å². The van der Waals surface area contributed by atoms with Gasteiger partial charge in [0.15, 0.2) is 0 Å². The summed E-state index contributed by atoms with van der Waals surface area (Å²) < 4.78 is 10.1. The number of hydrogen-bond donors (Lipinski definition) is 0. The molecule has 0 fully saturated rings. The number of carbonyl (C=O) groups is 1. The van der Waals surface area contributed by atoms with Gasteiger partial charge in [0.2, 0.25) is 0 Å². The molecule has 3 nitrogen and oxygen atoms in total. The van der Waals surface area contributed by atoms with Gasteiger partial charge in [-0.15, -0.1) is 12.3 Å². The Hall–Kier alpha value is -1.01. The molecule has 0 aromatic carbocycles. The Balaban J connectivity index is 3.62. The molecule has 80 valence electrons. The van der Waals surface area contributed by atoms with Crippen molar-refractivity contribution in [2.45, 2.75) is 33.3 Å². The Bertz CT molecular complexity index is 220. The first kappa shape index (κ1) is 13.0. The third kappa shape index (κ3) is 7.63. The van der Waals surface area contributed by atoms with Gasteiger partial charge in [0.25, 0.3) is 0 Å². The lowest BCUT2D eigenvalue weighted by molar-refractivity contribution is -0.160. The fourth-order valence-corrected chi connectivity index (χ4v) is 0.738. The van der Waals surface area contributed by atoms with Gasteiger partial charge in [0.1, 0.15) is 12.2 Å². The average molecular weight is 198 g/mol. The lowest BCUT2D eigenvalue weighted by atomic mass is 10.2. The molecule has 0 aliphatic heterocycles. The minimum absolute atomic E-state index is 0.0254. The van der Waals surface area contributed by atoms with E-state index in [0.29, 0.717) is 6.61 Å². The van der Waals surface area contributed by atoms with Gasteiger partial charge < -0.3 is 9.47 Å². The maximum Gasteiger partial charge on any atom is 0.332 e. The van der Waals surface area contributed by atoms with E-state index in [2.05, 4.69) is 5.92 Å². The molecule has 0 heterocycles. The first-order chi connectivity index (χ1) is 6.35. The van der Waals surface area contributed by atoms with E-state index >= 15 is 0 Å². The lowest BCUT2D eigenvalue weighted by Gasteiger charge is -2.19. The standard InChI is InChI=1S/C11H18O3/c1-6-9(2)7-13-8-10(12)14-11(3,4)5/h1,9H,7-8H2,2-5H3. The Kier molecular flexibility index (Phi) is 5.26. The van der Waals surface area contributed by atoms with Crippen LogP contribution in [0.5, 0.6) is 0 Å². The highest BCUT2D eigenvalue weighted by Crippen LogP contribution is 2.06. The molecule has 0 N–H and O–H groups in total. The zero-order valence-corrected chi connectivity index (χ0v) is 9.29. The summed E-state index contributed by atoms with van der Waals surface area (Å²) in [5.74, 6) is 2.18. The molecule has 0 rings (SSSR count). The first-order valence-corrected chi connectivity index (χ1v) is 4.61. The van der Waals surface area contributed by atoms with Crippen LogP contribution in [0.2, 0.25) is 0 Å². The van der Waals surface area contributed by atoms with Crippen LogP contribution in [-0.4, -0.2) is 24.8 Å². The fraction of sp³-hybridized carbons (Fsp3) is 0.727. The molecule has 1 unspecified atom stereocenters. The highest BCUT2D eigenvalue weighted by Gasteiger charge is 2.16. The quantitative estimate of drug-likeness (QED) is 0.508. The Morgan fingerprint density at radius 2 is 2.07 bits per heavy atom. The van der Waals surface area contributed by atoms with Crippen molar-refractivity contribution >= 4 is 5.97 Å². The van der Waals surface area contributed by atoms with Crippen molar-refractivity contribution in [3.8, 4) is 12.3 Å². The van der Waals surface area contributed by atoms with Gasteiger partial charge in [-0.1, -0.05) is 0 Å². The maximum absolute atomic E-state index is 11.1. The van der Waals surface area contributed by atoms with E-state index in [1.807, 2.05) is 27.7 Å². The van der Waals surface area contributed by atoms with Gasteiger partial charge in [-0.2, -0.15) is 0 Å². The lowest BCUT2D eigenvalue weighted by Crippen LogP contribution is -2.27. The third-order valence-corrected chi connectivity index (χ3v) is 1.29. The normalized spacial score (nSPS) is 13.1. The molecule has 0 aromatic heterocycles. The van der Waals surface area contributed by atoms with Crippen molar-refractivity contribution in [1.29, 1.82) is 0 Å². The summed E-state index contributed by atoms with van der Waals surface area (Å²) >= 11 is 0. The summed E-state index contributed by atoms with van der Waals surface area (Å²) in [5.41, 5.74) is -0.460. The van der Waals surface area contributed by atoms with Crippen LogP contribution >= 0.6 is 0 Å². The van der Waals surface area contributed by atoms with Crippen LogP contribution in [-0.2, 0) is 14.3 Å². The molecule has 3 heteroatoms. The maximum atomic E-state index is 11.1. The highest BCUT2D eigenvalue weighted by molar-refractivity contribution is 5.71. The zero-order chi connectivity index (χ0) is 11.2. The monoisotopic (exact) mass is 198 g/mol. The summed E-state index contributed by atoms with van der Waals surface area (Å²) in [6, 6.07) is 0. The van der Waals surface area contributed by atoms with Crippen molar-refractivity contribution in [2.75, 3.05) is 13.2 Å². The van der Waals surface area contributed by atoms with Crippen molar-refractivity contribution in [2.24, 2.45) is 5.92 Å². The van der Waals surface area contributed by atoms with Crippen LogP contribution < -0.4 is 0 Å². The van der Waals surface area contributed by atoms with Gasteiger partial charge in [0, 0.05) is 5.92 Å². The predicted octanol–water partition coefficient (Wildman–Crippen LogP) is 1.61. The van der Waals surface area contributed by atoms with Crippen molar-refractivity contribution in [3.05, 3.63) is 0 Å². The zero-order valence-electron chi connectivity index (χ0n) is 9.29. The Morgan fingerprint density at radius 1 is 1.50 bits per heavy atom. The summed E-state index contributed by atoms with van der Waals surface area (Å²) in [6.07, 6.45) is 5.14. The van der Waals surface area contributed by atoms with Crippen LogP contribution in [0.3, 0.4) is 0 Å². The summed E-state index contributed by atoms with van der Waals surface area (Å²) in [6.45, 7) is 7.65. The average Bonchev–Trinajstić information content (AvgIpc) is 2.00. The van der Waals surface area contributed by atoms with E-state index in [1.165, 1.54) is 0 Å². The van der Waals surface area contributed by atoms with E-state index in [4.69, 9.17) is 15.9 Å². The van der Waals surface area contributed by atoms with E-state index in [-0.39, 0.29) is 18.5 Å². The molecule has 0 amide bonds. The topological polar surface area (TPSA) is 35.5 Å². The van der Waals surface area contributed by atoms with Crippen molar-refractivity contribution in [1.82, 2.24) is 0 Å². The van der Waals surface area contributed by atoms with Gasteiger partial charge in [-0.05, 0) is 27.7 Å². The summed E-state index contributed by atoms with van der Waals surface area (Å²) in [5, 5.41) is 0. The minimum atomic E-state index is -0.460. The third-order valence-electron chi connectivity index (χ3n) is 1.29. The Morgan fingerprint density at radius 3 is 2.50 bits per heavy atom. The van der Waals surface area contributed by atoms with Crippen LogP contribution in [0.25, 0.3) is 0 Å². The van der Waals surface area contributed by atoms with Crippen LogP contribution in [0.4, 0.5) is 0 Å². The van der Waals surface area contributed by atoms with Crippen LogP contribution in [0.1, 0.15) is 27.7 Å². The fourth-order valence-electron chi connectivity index (χ4n) is 0.738. The molecule has 0 bridgehead atoms. The molecule has 0 saturated carbocycles.